The molecule has 0 spiro atoms. The Balaban J connectivity index is 1.78. The molecule has 0 saturated carbocycles. The van der Waals surface area contributed by atoms with Crippen LogP contribution in [0.4, 0.5) is 0 Å². The van der Waals surface area contributed by atoms with E-state index in [-0.39, 0.29) is 4.75 Å². The zero-order valence-corrected chi connectivity index (χ0v) is 19.3. The number of nitriles is 2. The Bertz CT molecular complexity index is 1600. The summed E-state index contributed by atoms with van der Waals surface area (Å²) in [6.07, 6.45) is 0. The minimum atomic E-state index is -0.229. The number of benzene rings is 4. The lowest BCUT2D eigenvalue weighted by molar-refractivity contribution is 0.792. The topological polar surface area (TPSA) is 52.5 Å². The molecule has 0 fully saturated rings. The number of aromatic nitrogens is 1. The summed E-state index contributed by atoms with van der Waals surface area (Å²) in [6.45, 7) is 4.18. The molecule has 5 aromatic rings. The lowest BCUT2D eigenvalue weighted by Crippen LogP contribution is -2.07. The van der Waals surface area contributed by atoms with Crippen molar-refractivity contribution in [1.29, 1.82) is 10.5 Å². The highest BCUT2D eigenvalue weighted by Crippen LogP contribution is 2.36. The van der Waals surface area contributed by atoms with Crippen LogP contribution in [0.5, 0.6) is 0 Å². The number of fused-ring (bicyclic) bond motifs is 3. The summed E-state index contributed by atoms with van der Waals surface area (Å²) in [7, 11) is 0. The monoisotopic (exact) mass is 443 g/mol. The van der Waals surface area contributed by atoms with Crippen molar-refractivity contribution in [3.05, 3.63) is 102 Å². The lowest BCUT2D eigenvalue weighted by atomic mass is 9.96. The molecule has 0 amide bonds. The van der Waals surface area contributed by atoms with Crippen molar-refractivity contribution in [2.45, 2.75) is 18.6 Å². The lowest BCUT2D eigenvalue weighted by Gasteiger charge is -2.19. The third-order valence-corrected chi connectivity index (χ3v) is 6.31. The van der Waals surface area contributed by atoms with Crippen LogP contribution >= 0.6 is 12.6 Å². The van der Waals surface area contributed by atoms with Gasteiger partial charge in [-0.05, 0) is 91.2 Å². The molecule has 0 saturated heterocycles. The quantitative estimate of drug-likeness (QED) is 0.296. The molecule has 0 unspecified atom stereocenters. The van der Waals surface area contributed by atoms with Gasteiger partial charge in [-0.15, -0.1) is 0 Å². The molecular weight excluding hydrogens is 422 g/mol. The van der Waals surface area contributed by atoms with Gasteiger partial charge in [0.2, 0.25) is 0 Å². The van der Waals surface area contributed by atoms with E-state index in [2.05, 4.69) is 73.0 Å². The first-order chi connectivity index (χ1) is 15.9. The molecule has 0 radical (unpaired) electrons. The third-order valence-electron chi connectivity index (χ3n) is 6.05. The zero-order valence-electron chi connectivity index (χ0n) is 18.4. The molecule has 33 heavy (non-hydrogen) atoms. The fourth-order valence-electron chi connectivity index (χ4n) is 4.31. The highest BCUT2D eigenvalue weighted by Gasteiger charge is 2.17. The van der Waals surface area contributed by atoms with Crippen molar-refractivity contribution in [1.82, 2.24) is 4.57 Å². The number of nitrogens with zero attached hydrogens (tertiary/aromatic N) is 3. The molecule has 0 aliphatic rings. The van der Waals surface area contributed by atoms with Gasteiger partial charge in [-0.1, -0.05) is 24.3 Å². The molecule has 0 N–H and O–H groups in total. The van der Waals surface area contributed by atoms with E-state index >= 15 is 0 Å². The fraction of sp³-hybridized carbons (Fsp3) is 0.103. The van der Waals surface area contributed by atoms with Crippen LogP contribution in [0, 0.1) is 22.7 Å². The van der Waals surface area contributed by atoms with E-state index in [1.54, 1.807) is 0 Å². The Labute approximate surface area is 198 Å². The normalized spacial score (nSPS) is 11.4. The van der Waals surface area contributed by atoms with E-state index in [1.807, 2.05) is 42.5 Å². The van der Waals surface area contributed by atoms with Crippen LogP contribution in [0.25, 0.3) is 38.6 Å². The van der Waals surface area contributed by atoms with Crippen molar-refractivity contribution < 1.29 is 0 Å². The average Bonchev–Trinajstić information content (AvgIpc) is 3.16. The molecule has 3 nitrogen and oxygen atoms in total. The SMILES string of the molecule is CC(C)(S)c1cccc(-c2ccc3c(c2)c2cc(C#N)ccc2n3-c2ccc(C#N)cc2)c1. The highest BCUT2D eigenvalue weighted by atomic mass is 32.1. The minimum Gasteiger partial charge on any atom is -0.309 e. The summed E-state index contributed by atoms with van der Waals surface area (Å²) < 4.78 is 1.96. The maximum absolute atomic E-state index is 9.50. The molecule has 4 aromatic carbocycles. The minimum absolute atomic E-state index is 0.229. The Kier molecular flexibility index (Phi) is 4.97. The van der Waals surface area contributed by atoms with Crippen LogP contribution in [0.3, 0.4) is 0 Å². The summed E-state index contributed by atoms with van der Waals surface area (Å²) in [5.41, 5.74) is 7.72. The van der Waals surface area contributed by atoms with Crippen molar-refractivity contribution in [3.8, 4) is 29.0 Å². The molecule has 1 heterocycles. The van der Waals surface area contributed by atoms with E-state index in [0.717, 1.165) is 44.2 Å². The van der Waals surface area contributed by atoms with E-state index in [1.165, 1.54) is 0 Å². The molecule has 1 aromatic heterocycles. The van der Waals surface area contributed by atoms with Crippen molar-refractivity contribution >= 4 is 34.4 Å². The maximum Gasteiger partial charge on any atom is 0.0991 e. The smallest absolute Gasteiger partial charge is 0.0991 e. The molecule has 0 aliphatic carbocycles. The van der Waals surface area contributed by atoms with E-state index < -0.39 is 0 Å². The standard InChI is InChI=1S/C29H21N3S/c1-29(2,33)23-5-3-4-21(15-23)22-9-13-28-26(16-22)25-14-20(18-31)8-12-27(25)32(28)24-10-6-19(17-30)7-11-24/h3-16,33H,1-2H3. The van der Waals surface area contributed by atoms with Gasteiger partial charge in [0.25, 0.3) is 0 Å². The number of rotatable bonds is 3. The van der Waals surface area contributed by atoms with E-state index in [4.69, 9.17) is 12.6 Å². The summed E-state index contributed by atoms with van der Waals surface area (Å²) in [5.74, 6) is 0. The molecular formula is C29H21N3S. The van der Waals surface area contributed by atoms with Gasteiger partial charge in [-0.25, -0.2) is 0 Å². The van der Waals surface area contributed by atoms with Gasteiger partial charge in [0.1, 0.15) is 0 Å². The second-order valence-corrected chi connectivity index (χ2v) is 9.83. The molecule has 5 rings (SSSR count). The first-order valence-corrected chi connectivity index (χ1v) is 11.2. The second-order valence-electron chi connectivity index (χ2n) is 8.71. The van der Waals surface area contributed by atoms with Gasteiger partial charge < -0.3 is 4.57 Å². The second kappa shape index (κ2) is 7.85. The van der Waals surface area contributed by atoms with Crippen molar-refractivity contribution in [2.24, 2.45) is 0 Å². The summed E-state index contributed by atoms with van der Waals surface area (Å²) in [6, 6.07) is 32.8. The maximum atomic E-state index is 9.50. The molecule has 0 bridgehead atoms. The zero-order chi connectivity index (χ0) is 23.2. The average molecular weight is 444 g/mol. The van der Waals surface area contributed by atoms with Crippen molar-refractivity contribution in [2.75, 3.05) is 0 Å². The summed E-state index contributed by atoms with van der Waals surface area (Å²) in [5, 5.41) is 20.8. The van der Waals surface area contributed by atoms with Crippen molar-refractivity contribution in [3.63, 3.8) is 0 Å². The number of hydrogen-bond donors (Lipinski definition) is 1. The van der Waals surface area contributed by atoms with Crippen LogP contribution < -0.4 is 0 Å². The highest BCUT2D eigenvalue weighted by molar-refractivity contribution is 7.81. The molecule has 158 valence electrons. The van der Waals surface area contributed by atoms with Crippen LogP contribution in [0.15, 0.2) is 84.9 Å². The first-order valence-electron chi connectivity index (χ1n) is 10.7. The van der Waals surface area contributed by atoms with Gasteiger partial charge in [0, 0.05) is 21.2 Å². The number of thiol groups is 1. The Morgan fingerprint density at radius 1 is 0.697 bits per heavy atom. The van der Waals surface area contributed by atoms with Crippen LogP contribution in [0.2, 0.25) is 0 Å². The predicted molar refractivity (Wildman–Crippen MR) is 138 cm³/mol. The van der Waals surface area contributed by atoms with Gasteiger partial charge >= 0.3 is 0 Å². The summed E-state index contributed by atoms with van der Waals surface area (Å²) >= 11 is 4.74. The molecule has 0 aliphatic heterocycles. The molecule has 4 heteroatoms. The van der Waals surface area contributed by atoms with Gasteiger partial charge in [-0.2, -0.15) is 23.2 Å². The third kappa shape index (κ3) is 3.65. The van der Waals surface area contributed by atoms with Crippen LogP contribution in [0.1, 0.15) is 30.5 Å². The van der Waals surface area contributed by atoms with E-state index in [0.29, 0.717) is 11.1 Å². The van der Waals surface area contributed by atoms with Crippen LogP contribution in [-0.4, -0.2) is 4.57 Å². The van der Waals surface area contributed by atoms with Gasteiger partial charge in [-0.3, -0.25) is 0 Å². The van der Waals surface area contributed by atoms with E-state index in [9.17, 15) is 10.5 Å². The predicted octanol–water partition coefficient (Wildman–Crippen LogP) is 7.36. The number of hydrogen-bond acceptors (Lipinski definition) is 3. The Morgan fingerprint density at radius 3 is 1.97 bits per heavy atom. The van der Waals surface area contributed by atoms with Gasteiger partial charge in [0.15, 0.2) is 0 Å². The molecule has 0 atom stereocenters. The van der Waals surface area contributed by atoms with Crippen LogP contribution in [-0.2, 0) is 4.75 Å². The Hall–Kier alpha value is -3.99. The van der Waals surface area contributed by atoms with Gasteiger partial charge in [0.05, 0.1) is 34.3 Å². The first kappa shape index (κ1) is 20.9. The fourth-order valence-corrected chi connectivity index (χ4v) is 4.45. The Morgan fingerprint density at radius 2 is 1.30 bits per heavy atom. The largest absolute Gasteiger partial charge is 0.309 e. The summed E-state index contributed by atoms with van der Waals surface area (Å²) in [4.78, 5) is 0.